The molecule has 2 unspecified atom stereocenters. The number of rotatable bonds is 61. The van der Waals surface area contributed by atoms with Crippen LogP contribution in [0.15, 0.2) is 36.5 Å². The topological polar surface area (TPSA) is 95.9 Å². The molecule has 430 valence electrons. The average molecular weight is 1030 g/mol. The number of ether oxygens (including phenoxy) is 1. The van der Waals surface area contributed by atoms with Crippen LogP contribution in [0.3, 0.4) is 0 Å². The number of amides is 1. The van der Waals surface area contributed by atoms with Crippen LogP contribution in [0, 0.1) is 0 Å². The maximum atomic E-state index is 12.5. The van der Waals surface area contributed by atoms with Gasteiger partial charge in [0.1, 0.15) is 0 Å². The van der Waals surface area contributed by atoms with Crippen LogP contribution in [0.25, 0.3) is 0 Å². The molecule has 0 aromatic carbocycles. The molecule has 0 spiro atoms. The van der Waals surface area contributed by atoms with E-state index in [4.69, 9.17) is 4.74 Å². The molecule has 0 aromatic rings. The first-order chi connectivity index (χ1) is 36.0. The van der Waals surface area contributed by atoms with Crippen molar-refractivity contribution in [3.05, 3.63) is 36.5 Å². The van der Waals surface area contributed by atoms with Crippen molar-refractivity contribution in [3.8, 4) is 0 Å². The normalized spacial score (nSPS) is 12.8. The minimum absolute atomic E-state index is 0.00591. The average Bonchev–Trinajstić information content (AvgIpc) is 3.39. The van der Waals surface area contributed by atoms with E-state index in [0.717, 1.165) is 51.4 Å². The minimum atomic E-state index is -0.848. The lowest BCUT2D eigenvalue weighted by Gasteiger charge is -2.20. The molecule has 73 heavy (non-hydrogen) atoms. The van der Waals surface area contributed by atoms with Crippen molar-refractivity contribution in [2.75, 3.05) is 13.2 Å². The Bertz CT molecular complexity index is 1180. The number of aliphatic hydroxyl groups is 2. The molecular weight excluding hydrogens is 899 g/mol. The van der Waals surface area contributed by atoms with Crippen molar-refractivity contribution in [3.63, 3.8) is 0 Å². The number of carbonyl (C=O) groups excluding carboxylic acids is 2. The van der Waals surface area contributed by atoms with Crippen molar-refractivity contribution in [1.29, 1.82) is 0 Å². The van der Waals surface area contributed by atoms with Crippen LogP contribution < -0.4 is 5.32 Å². The summed E-state index contributed by atoms with van der Waals surface area (Å²) in [5.74, 6) is -0.0738. The summed E-state index contributed by atoms with van der Waals surface area (Å²) >= 11 is 0. The Hall–Kier alpha value is -1.92. The third-order valence-corrected chi connectivity index (χ3v) is 15.2. The van der Waals surface area contributed by atoms with Crippen molar-refractivity contribution >= 4 is 11.9 Å². The van der Waals surface area contributed by atoms with Crippen LogP contribution in [0.2, 0.25) is 0 Å². The molecule has 6 heteroatoms. The second-order valence-corrected chi connectivity index (χ2v) is 22.5. The summed E-state index contributed by atoms with van der Waals surface area (Å²) in [6.07, 6.45) is 79.1. The van der Waals surface area contributed by atoms with Gasteiger partial charge >= 0.3 is 5.97 Å². The standard InChI is InChI=1S/C67H127NO5/c1-3-5-7-9-11-13-15-17-19-20-21-22-23-24-26-29-32-35-39-43-47-51-55-59-65(70)64(63-69)68-66(71)60-56-52-48-44-40-36-33-30-27-25-28-31-34-38-42-46-50-54-58-62-73-67(72)61-57-53-49-45-41-37-18-16-14-12-10-8-6-4-2/h10,12,16,18,55,59,64-65,69-70H,3-9,11,13-15,17,19-54,56-58,60-63H2,1-2H3,(H,68,71)/b12-10-,18-16-,59-55+. The third-order valence-electron chi connectivity index (χ3n) is 15.2. The Morgan fingerprint density at radius 2 is 0.699 bits per heavy atom. The summed E-state index contributed by atoms with van der Waals surface area (Å²) in [6, 6.07) is -0.632. The molecule has 3 N–H and O–H groups in total. The highest BCUT2D eigenvalue weighted by Crippen LogP contribution is 2.18. The number of esters is 1. The third kappa shape index (κ3) is 59.2. The van der Waals surface area contributed by atoms with Gasteiger partial charge in [0.15, 0.2) is 0 Å². The molecule has 2 atom stereocenters. The quantitative estimate of drug-likeness (QED) is 0.0320. The monoisotopic (exact) mass is 1030 g/mol. The molecule has 0 fully saturated rings. The fourth-order valence-electron chi connectivity index (χ4n) is 10.1. The molecular formula is C67H127NO5. The Morgan fingerprint density at radius 1 is 0.384 bits per heavy atom. The van der Waals surface area contributed by atoms with Crippen molar-refractivity contribution < 1.29 is 24.5 Å². The Kier molecular flexibility index (Phi) is 61.0. The molecule has 0 rings (SSSR count). The number of unbranched alkanes of at least 4 members (excludes halogenated alkanes) is 46. The second-order valence-electron chi connectivity index (χ2n) is 22.5. The highest BCUT2D eigenvalue weighted by molar-refractivity contribution is 5.76. The van der Waals surface area contributed by atoms with E-state index in [9.17, 15) is 19.8 Å². The predicted octanol–water partition coefficient (Wildman–Crippen LogP) is 20.8. The van der Waals surface area contributed by atoms with Gasteiger partial charge in [0.25, 0.3) is 0 Å². The van der Waals surface area contributed by atoms with Crippen molar-refractivity contribution in [2.24, 2.45) is 0 Å². The highest BCUT2D eigenvalue weighted by Gasteiger charge is 2.18. The molecule has 0 aliphatic heterocycles. The fourth-order valence-corrected chi connectivity index (χ4v) is 10.1. The lowest BCUT2D eigenvalue weighted by atomic mass is 10.0. The number of hydrogen-bond acceptors (Lipinski definition) is 5. The maximum absolute atomic E-state index is 12.5. The van der Waals surface area contributed by atoms with Crippen LogP contribution in [-0.2, 0) is 14.3 Å². The van der Waals surface area contributed by atoms with Crippen LogP contribution in [0.4, 0.5) is 0 Å². The van der Waals surface area contributed by atoms with Gasteiger partial charge < -0.3 is 20.3 Å². The zero-order chi connectivity index (χ0) is 52.9. The predicted molar refractivity (Wildman–Crippen MR) is 319 cm³/mol. The van der Waals surface area contributed by atoms with E-state index < -0.39 is 12.1 Å². The van der Waals surface area contributed by atoms with E-state index >= 15 is 0 Å². The summed E-state index contributed by atoms with van der Waals surface area (Å²) in [4.78, 5) is 24.6. The van der Waals surface area contributed by atoms with Gasteiger partial charge in [-0.2, -0.15) is 0 Å². The molecule has 1 amide bonds. The summed E-state index contributed by atoms with van der Waals surface area (Å²) < 4.78 is 5.47. The summed E-state index contributed by atoms with van der Waals surface area (Å²) in [5.41, 5.74) is 0. The molecule has 0 aliphatic carbocycles. The van der Waals surface area contributed by atoms with E-state index in [1.807, 2.05) is 6.08 Å². The van der Waals surface area contributed by atoms with Crippen LogP contribution in [0.1, 0.15) is 354 Å². The maximum Gasteiger partial charge on any atom is 0.305 e. The van der Waals surface area contributed by atoms with Crippen molar-refractivity contribution in [2.45, 2.75) is 366 Å². The van der Waals surface area contributed by atoms with Gasteiger partial charge in [-0.15, -0.1) is 0 Å². The molecule has 6 nitrogen and oxygen atoms in total. The van der Waals surface area contributed by atoms with E-state index in [-0.39, 0.29) is 18.5 Å². The first-order valence-electron chi connectivity index (χ1n) is 32.8. The van der Waals surface area contributed by atoms with E-state index in [2.05, 4.69) is 43.5 Å². The Balaban J connectivity index is 3.44. The first kappa shape index (κ1) is 71.1. The molecule has 0 aliphatic rings. The van der Waals surface area contributed by atoms with Crippen LogP contribution in [-0.4, -0.2) is 47.4 Å². The lowest BCUT2D eigenvalue weighted by Crippen LogP contribution is -2.45. The van der Waals surface area contributed by atoms with Crippen molar-refractivity contribution in [1.82, 2.24) is 5.32 Å². The minimum Gasteiger partial charge on any atom is -0.466 e. The van der Waals surface area contributed by atoms with Gasteiger partial charge in [-0.3, -0.25) is 9.59 Å². The van der Waals surface area contributed by atoms with Gasteiger partial charge in [-0.1, -0.05) is 320 Å². The number of allylic oxidation sites excluding steroid dienone is 5. The number of aliphatic hydroxyl groups excluding tert-OH is 2. The molecule has 0 radical (unpaired) electrons. The summed E-state index contributed by atoms with van der Waals surface area (Å²) in [7, 11) is 0. The lowest BCUT2D eigenvalue weighted by molar-refractivity contribution is -0.143. The Morgan fingerprint density at radius 3 is 1.08 bits per heavy atom. The van der Waals surface area contributed by atoms with Crippen LogP contribution >= 0.6 is 0 Å². The van der Waals surface area contributed by atoms with E-state index in [0.29, 0.717) is 19.4 Å². The number of hydrogen-bond donors (Lipinski definition) is 3. The van der Waals surface area contributed by atoms with Gasteiger partial charge in [-0.05, 0) is 57.8 Å². The van der Waals surface area contributed by atoms with Crippen LogP contribution in [0.5, 0.6) is 0 Å². The van der Waals surface area contributed by atoms with Gasteiger partial charge in [0.05, 0.1) is 25.4 Å². The summed E-state index contributed by atoms with van der Waals surface area (Å²) in [6.45, 7) is 4.88. The van der Waals surface area contributed by atoms with E-state index in [1.54, 1.807) is 6.08 Å². The number of nitrogens with one attached hydrogen (secondary N) is 1. The zero-order valence-corrected chi connectivity index (χ0v) is 49.1. The van der Waals surface area contributed by atoms with E-state index in [1.165, 1.54) is 276 Å². The molecule has 0 aromatic heterocycles. The SMILES string of the molecule is CCCC/C=C\C/C=C\CCCCCCCC(=O)OCCCCCCCCCCCCCCCCCCCCCC(=O)NC(CO)C(O)/C=C/CCCCCCCCCCCCCCCCCCCCCCC. The first-order valence-corrected chi connectivity index (χ1v) is 32.8. The molecule has 0 saturated carbocycles. The second kappa shape index (κ2) is 62.6. The fraction of sp³-hybridized carbons (Fsp3) is 0.881. The smallest absolute Gasteiger partial charge is 0.305 e. The highest BCUT2D eigenvalue weighted by atomic mass is 16.5. The molecule has 0 saturated heterocycles. The summed E-state index contributed by atoms with van der Waals surface area (Å²) in [5, 5.41) is 23.2. The van der Waals surface area contributed by atoms with Gasteiger partial charge in [0.2, 0.25) is 5.91 Å². The van der Waals surface area contributed by atoms with Gasteiger partial charge in [0, 0.05) is 12.8 Å². The molecule has 0 bridgehead atoms. The molecule has 0 heterocycles. The zero-order valence-electron chi connectivity index (χ0n) is 49.1. The largest absolute Gasteiger partial charge is 0.466 e. The number of carbonyl (C=O) groups is 2. The Labute approximate surface area is 455 Å². The van der Waals surface area contributed by atoms with Gasteiger partial charge in [-0.25, -0.2) is 0 Å².